The summed E-state index contributed by atoms with van der Waals surface area (Å²) in [4.78, 5) is 20.4. The Bertz CT molecular complexity index is 1220. The van der Waals surface area contributed by atoms with Crippen molar-refractivity contribution in [1.82, 2.24) is 24.9 Å². The molecule has 0 saturated heterocycles. The molecule has 0 aliphatic heterocycles. The molecule has 1 atom stereocenters. The minimum Gasteiger partial charge on any atom is -0.421 e. The van der Waals surface area contributed by atoms with Gasteiger partial charge >= 0.3 is 6.01 Å². The SMILES string of the molecule is CNc1cc(F)c2c3c1[nH]c1nc(Oc4cnc(C)nc4)nc(c13)C[C@@H](O)C2. The molecule has 3 N–H and O–H groups in total. The van der Waals surface area contributed by atoms with Crippen molar-refractivity contribution in [1.29, 1.82) is 0 Å². The quantitative estimate of drug-likeness (QED) is 0.501. The van der Waals surface area contributed by atoms with Crippen LogP contribution < -0.4 is 10.1 Å². The van der Waals surface area contributed by atoms with Crippen molar-refractivity contribution >= 4 is 27.6 Å². The van der Waals surface area contributed by atoms with Gasteiger partial charge in [-0.25, -0.2) is 14.4 Å². The van der Waals surface area contributed by atoms with Crippen LogP contribution >= 0.6 is 0 Å². The molecule has 0 amide bonds. The predicted octanol–water partition coefficient (Wildman–Crippen LogP) is 2.64. The first-order chi connectivity index (χ1) is 13.5. The molecule has 0 radical (unpaired) electrons. The fraction of sp³-hybridized carbons (Fsp3) is 0.263. The van der Waals surface area contributed by atoms with Gasteiger partial charge in [-0.05, 0) is 13.0 Å². The first-order valence-electron chi connectivity index (χ1n) is 8.89. The van der Waals surface area contributed by atoms with Gasteiger partial charge in [-0.1, -0.05) is 0 Å². The molecular formula is C19H17FN6O2. The second kappa shape index (κ2) is 6.10. The van der Waals surface area contributed by atoms with E-state index in [9.17, 15) is 9.50 Å². The highest BCUT2D eigenvalue weighted by molar-refractivity contribution is 6.13. The molecule has 0 fully saturated rings. The minimum absolute atomic E-state index is 0.114. The number of aliphatic hydroxyl groups is 1. The van der Waals surface area contributed by atoms with Crippen LogP contribution in [0.25, 0.3) is 21.9 Å². The number of hydrogen-bond acceptors (Lipinski definition) is 7. The van der Waals surface area contributed by atoms with E-state index >= 15 is 0 Å². The highest BCUT2D eigenvalue weighted by Crippen LogP contribution is 2.39. The Morgan fingerprint density at radius 2 is 2.00 bits per heavy atom. The number of nitrogens with one attached hydrogen (secondary N) is 2. The molecule has 3 heterocycles. The van der Waals surface area contributed by atoms with E-state index in [4.69, 9.17) is 4.74 Å². The highest BCUT2D eigenvalue weighted by Gasteiger charge is 2.27. The molecule has 1 aliphatic rings. The molecule has 0 spiro atoms. The number of aromatic amines is 1. The van der Waals surface area contributed by atoms with Crippen molar-refractivity contribution in [2.75, 3.05) is 12.4 Å². The van der Waals surface area contributed by atoms with Crippen LogP contribution in [-0.4, -0.2) is 43.2 Å². The van der Waals surface area contributed by atoms with Crippen LogP contribution in [0.15, 0.2) is 18.5 Å². The van der Waals surface area contributed by atoms with Gasteiger partial charge in [0.2, 0.25) is 0 Å². The van der Waals surface area contributed by atoms with Crippen molar-refractivity contribution in [2.45, 2.75) is 25.9 Å². The molecular weight excluding hydrogens is 363 g/mol. The van der Waals surface area contributed by atoms with Gasteiger partial charge in [-0.3, -0.25) is 0 Å². The lowest BCUT2D eigenvalue weighted by atomic mass is 10.0. The Balaban J connectivity index is 1.75. The Morgan fingerprint density at radius 3 is 2.75 bits per heavy atom. The number of aromatic nitrogens is 5. The normalized spacial score (nSPS) is 15.9. The Kier molecular flexibility index (Phi) is 3.66. The highest BCUT2D eigenvalue weighted by atomic mass is 19.1. The third-order valence-corrected chi connectivity index (χ3v) is 4.94. The van der Waals surface area contributed by atoms with Crippen LogP contribution in [0.4, 0.5) is 10.1 Å². The number of halogens is 1. The smallest absolute Gasteiger partial charge is 0.324 e. The second-order valence-electron chi connectivity index (χ2n) is 6.82. The van der Waals surface area contributed by atoms with Crippen LogP contribution in [0.2, 0.25) is 0 Å². The average Bonchev–Trinajstić information content (AvgIpc) is 2.97. The molecule has 1 aliphatic carbocycles. The fourth-order valence-corrected chi connectivity index (χ4v) is 3.71. The van der Waals surface area contributed by atoms with Crippen molar-refractivity contribution in [3.05, 3.63) is 41.4 Å². The van der Waals surface area contributed by atoms with Gasteiger partial charge in [-0.15, -0.1) is 0 Å². The number of nitrogens with zero attached hydrogens (tertiary/aromatic N) is 4. The van der Waals surface area contributed by atoms with Gasteiger partial charge in [0.15, 0.2) is 5.75 Å². The Labute approximate surface area is 158 Å². The number of H-pyrrole nitrogens is 1. The molecule has 0 unspecified atom stereocenters. The second-order valence-corrected chi connectivity index (χ2v) is 6.82. The summed E-state index contributed by atoms with van der Waals surface area (Å²) in [7, 11) is 1.73. The lowest BCUT2D eigenvalue weighted by Crippen LogP contribution is -2.14. The van der Waals surface area contributed by atoms with Crippen molar-refractivity contribution in [3.63, 3.8) is 0 Å². The fourth-order valence-electron chi connectivity index (χ4n) is 3.71. The van der Waals surface area contributed by atoms with E-state index in [1.807, 2.05) is 0 Å². The number of hydrogen-bond donors (Lipinski definition) is 3. The van der Waals surface area contributed by atoms with E-state index in [1.54, 1.807) is 26.4 Å². The maximum absolute atomic E-state index is 14.7. The van der Waals surface area contributed by atoms with Crippen molar-refractivity contribution in [3.8, 4) is 11.8 Å². The number of benzene rings is 1. The standard InChI is InChI=1S/C19H17FN6O2/c1-8-22-6-10(7-23-8)28-19-24-13-4-9(27)3-11-12(20)5-14(21-2)17-15(11)16(13)18(25-17)26-19/h5-7,9,21,27H,3-4H2,1-2H3,(H,24,25,26)/t9-/m0/s1. The molecule has 3 aromatic heterocycles. The molecule has 5 rings (SSSR count). The van der Waals surface area contributed by atoms with Gasteiger partial charge in [-0.2, -0.15) is 9.97 Å². The van der Waals surface area contributed by atoms with Gasteiger partial charge in [0.25, 0.3) is 0 Å². The van der Waals surface area contributed by atoms with Gasteiger partial charge in [0.05, 0.1) is 35.4 Å². The molecule has 1 aromatic carbocycles. The largest absolute Gasteiger partial charge is 0.421 e. The van der Waals surface area contributed by atoms with Crippen LogP contribution in [0.5, 0.6) is 11.8 Å². The Hall–Kier alpha value is -3.33. The van der Waals surface area contributed by atoms with Crippen LogP contribution in [0.3, 0.4) is 0 Å². The molecule has 8 nitrogen and oxygen atoms in total. The lowest BCUT2D eigenvalue weighted by molar-refractivity contribution is 0.174. The van der Waals surface area contributed by atoms with E-state index in [-0.39, 0.29) is 24.7 Å². The third-order valence-electron chi connectivity index (χ3n) is 4.94. The lowest BCUT2D eigenvalue weighted by Gasteiger charge is -2.11. The number of aliphatic hydroxyl groups excluding tert-OH is 1. The number of anilines is 1. The van der Waals surface area contributed by atoms with E-state index in [2.05, 4.69) is 30.2 Å². The maximum atomic E-state index is 14.7. The van der Waals surface area contributed by atoms with E-state index < -0.39 is 6.10 Å². The van der Waals surface area contributed by atoms with Crippen LogP contribution in [0.1, 0.15) is 17.1 Å². The summed E-state index contributed by atoms with van der Waals surface area (Å²) in [6, 6.07) is 1.54. The first kappa shape index (κ1) is 16.8. The molecule has 0 saturated carbocycles. The van der Waals surface area contributed by atoms with Gasteiger partial charge < -0.3 is 20.1 Å². The molecule has 9 heteroatoms. The zero-order valence-corrected chi connectivity index (χ0v) is 15.2. The monoisotopic (exact) mass is 380 g/mol. The van der Waals surface area contributed by atoms with Gasteiger partial charge in [0.1, 0.15) is 17.3 Å². The van der Waals surface area contributed by atoms with E-state index in [1.165, 1.54) is 6.07 Å². The zero-order valence-electron chi connectivity index (χ0n) is 15.2. The van der Waals surface area contributed by atoms with Crippen molar-refractivity contribution in [2.24, 2.45) is 0 Å². The molecule has 142 valence electrons. The summed E-state index contributed by atoms with van der Waals surface area (Å²) in [5.74, 6) is 0.676. The van der Waals surface area contributed by atoms with Crippen LogP contribution in [0, 0.1) is 12.7 Å². The first-order valence-corrected chi connectivity index (χ1v) is 8.89. The number of ether oxygens (including phenoxy) is 1. The van der Waals surface area contributed by atoms with E-state index in [0.29, 0.717) is 44.9 Å². The summed E-state index contributed by atoms with van der Waals surface area (Å²) >= 11 is 0. The maximum Gasteiger partial charge on any atom is 0.324 e. The molecule has 28 heavy (non-hydrogen) atoms. The van der Waals surface area contributed by atoms with Crippen LogP contribution in [-0.2, 0) is 12.8 Å². The Morgan fingerprint density at radius 1 is 1.21 bits per heavy atom. The summed E-state index contributed by atoms with van der Waals surface area (Å²) in [5.41, 5.74) is 2.95. The predicted molar refractivity (Wildman–Crippen MR) is 101 cm³/mol. The minimum atomic E-state index is -0.751. The van der Waals surface area contributed by atoms with Gasteiger partial charge in [0, 0.05) is 36.2 Å². The molecule has 4 aromatic rings. The summed E-state index contributed by atoms with van der Waals surface area (Å²) in [5, 5.41) is 14.9. The van der Waals surface area contributed by atoms with E-state index in [0.717, 1.165) is 5.52 Å². The summed E-state index contributed by atoms with van der Waals surface area (Å²) in [6.07, 6.45) is 2.81. The average molecular weight is 380 g/mol. The summed E-state index contributed by atoms with van der Waals surface area (Å²) in [6.45, 7) is 1.78. The van der Waals surface area contributed by atoms with Crippen molar-refractivity contribution < 1.29 is 14.2 Å². The summed E-state index contributed by atoms with van der Waals surface area (Å²) < 4.78 is 20.4. The zero-order chi connectivity index (χ0) is 19.4. The topological polar surface area (TPSA) is 109 Å². The molecule has 0 bridgehead atoms. The number of aryl methyl sites for hydroxylation is 1. The third kappa shape index (κ3) is 2.55. The number of rotatable bonds is 3.